The fourth-order valence-corrected chi connectivity index (χ4v) is 1.65. The van der Waals surface area contributed by atoms with E-state index in [4.69, 9.17) is 10.5 Å². The molecule has 8 heteroatoms. The molecule has 21 heavy (non-hydrogen) atoms. The molecule has 0 bridgehead atoms. The average Bonchev–Trinajstić information content (AvgIpc) is 2.36. The Morgan fingerprint density at radius 3 is 2.48 bits per heavy atom. The van der Waals surface area contributed by atoms with E-state index < -0.39 is 17.8 Å². The van der Waals surface area contributed by atoms with Crippen LogP contribution in [0.15, 0.2) is 24.5 Å². The molecule has 0 amide bonds. The van der Waals surface area contributed by atoms with Crippen molar-refractivity contribution in [1.82, 2.24) is 15.0 Å². The van der Waals surface area contributed by atoms with E-state index in [1.807, 2.05) is 13.8 Å². The summed E-state index contributed by atoms with van der Waals surface area (Å²) in [5, 5.41) is 0. The molecule has 0 unspecified atom stereocenters. The van der Waals surface area contributed by atoms with E-state index in [-0.39, 0.29) is 11.8 Å². The van der Waals surface area contributed by atoms with E-state index >= 15 is 0 Å². The molecule has 2 rings (SSSR count). The van der Waals surface area contributed by atoms with Crippen LogP contribution in [-0.4, -0.2) is 21.1 Å². The van der Waals surface area contributed by atoms with Crippen molar-refractivity contribution in [2.75, 3.05) is 5.73 Å². The van der Waals surface area contributed by atoms with Gasteiger partial charge in [0.05, 0.1) is 18.0 Å². The number of nitrogen functional groups attached to an aromatic ring is 1. The van der Waals surface area contributed by atoms with Gasteiger partial charge >= 0.3 is 6.18 Å². The Kier molecular flexibility index (Phi) is 3.97. The summed E-state index contributed by atoms with van der Waals surface area (Å²) < 4.78 is 43.6. The van der Waals surface area contributed by atoms with Gasteiger partial charge in [-0.25, -0.2) is 9.97 Å². The molecule has 0 aliphatic rings. The molecule has 0 saturated carbocycles. The highest BCUT2D eigenvalue weighted by atomic mass is 19.4. The van der Waals surface area contributed by atoms with Crippen molar-refractivity contribution in [1.29, 1.82) is 0 Å². The van der Waals surface area contributed by atoms with Crippen LogP contribution >= 0.6 is 0 Å². The first-order valence-corrected chi connectivity index (χ1v) is 6.09. The van der Waals surface area contributed by atoms with Crippen LogP contribution in [0.25, 0.3) is 11.3 Å². The van der Waals surface area contributed by atoms with Gasteiger partial charge in [-0.2, -0.15) is 13.2 Å². The quantitative estimate of drug-likeness (QED) is 0.943. The van der Waals surface area contributed by atoms with Gasteiger partial charge in [0.15, 0.2) is 5.69 Å². The summed E-state index contributed by atoms with van der Waals surface area (Å²) in [6.07, 6.45) is -1.82. The Morgan fingerprint density at radius 1 is 1.14 bits per heavy atom. The molecule has 0 spiro atoms. The fourth-order valence-electron chi connectivity index (χ4n) is 1.65. The molecule has 2 aromatic rings. The molecule has 0 radical (unpaired) electrons. The number of alkyl halides is 3. The number of hydrogen-bond acceptors (Lipinski definition) is 5. The zero-order valence-electron chi connectivity index (χ0n) is 11.3. The van der Waals surface area contributed by atoms with Crippen LogP contribution in [0.5, 0.6) is 5.75 Å². The molecular formula is C13H13F3N4O. The van der Waals surface area contributed by atoms with Crippen LogP contribution in [0.4, 0.5) is 19.1 Å². The van der Waals surface area contributed by atoms with Crippen LogP contribution < -0.4 is 10.5 Å². The molecule has 0 aliphatic carbocycles. The maximum absolute atomic E-state index is 12.7. The van der Waals surface area contributed by atoms with E-state index in [2.05, 4.69) is 15.0 Å². The van der Waals surface area contributed by atoms with Crippen molar-refractivity contribution in [3.63, 3.8) is 0 Å². The minimum Gasteiger partial charge on any atom is -0.489 e. The summed E-state index contributed by atoms with van der Waals surface area (Å²) in [4.78, 5) is 10.9. The lowest BCUT2D eigenvalue weighted by Gasteiger charge is -2.11. The molecular weight excluding hydrogens is 285 g/mol. The minimum atomic E-state index is -4.59. The summed E-state index contributed by atoms with van der Waals surface area (Å²) in [6.45, 7) is 3.66. The number of halogens is 3. The summed E-state index contributed by atoms with van der Waals surface area (Å²) in [5.41, 5.74) is 4.65. The molecule has 2 aromatic heterocycles. The van der Waals surface area contributed by atoms with Gasteiger partial charge in [0.25, 0.3) is 0 Å². The van der Waals surface area contributed by atoms with Crippen LogP contribution in [0.1, 0.15) is 19.5 Å². The van der Waals surface area contributed by atoms with E-state index in [0.717, 1.165) is 6.07 Å². The second kappa shape index (κ2) is 5.55. The second-order valence-electron chi connectivity index (χ2n) is 4.57. The largest absolute Gasteiger partial charge is 0.489 e. The SMILES string of the molecule is CC(C)Oc1cncc(-c2cc(C(F)(F)F)nc(N)n2)c1. The molecule has 0 aliphatic heterocycles. The molecule has 0 saturated heterocycles. The van der Waals surface area contributed by atoms with Crippen LogP contribution in [0.2, 0.25) is 0 Å². The van der Waals surface area contributed by atoms with Crippen LogP contribution in [-0.2, 0) is 6.18 Å². The predicted molar refractivity (Wildman–Crippen MR) is 70.4 cm³/mol. The maximum atomic E-state index is 12.7. The van der Waals surface area contributed by atoms with Crippen molar-refractivity contribution < 1.29 is 17.9 Å². The van der Waals surface area contributed by atoms with Gasteiger partial charge in [-0.3, -0.25) is 4.98 Å². The zero-order chi connectivity index (χ0) is 15.6. The standard InChI is InChI=1S/C13H13F3N4O/c1-7(2)21-9-3-8(5-18-6-9)10-4-11(13(14,15)16)20-12(17)19-10/h3-7H,1-2H3,(H2,17,19,20). The lowest BCUT2D eigenvalue weighted by atomic mass is 10.2. The van der Waals surface area contributed by atoms with Gasteiger partial charge in [-0.15, -0.1) is 0 Å². The molecule has 0 atom stereocenters. The van der Waals surface area contributed by atoms with E-state index in [0.29, 0.717) is 11.3 Å². The Hall–Kier alpha value is -2.38. The van der Waals surface area contributed by atoms with Crippen molar-refractivity contribution in [3.05, 3.63) is 30.2 Å². The number of nitrogens with zero attached hydrogens (tertiary/aromatic N) is 3. The molecule has 2 N–H and O–H groups in total. The molecule has 0 fully saturated rings. The number of anilines is 1. The van der Waals surface area contributed by atoms with Crippen LogP contribution in [0, 0.1) is 0 Å². The Labute approximate surface area is 119 Å². The number of ether oxygens (including phenoxy) is 1. The van der Waals surface area contributed by atoms with Gasteiger partial charge in [-0.05, 0) is 26.0 Å². The van der Waals surface area contributed by atoms with E-state index in [1.165, 1.54) is 12.4 Å². The summed E-state index contributed by atoms with van der Waals surface area (Å²) in [6, 6.07) is 2.38. The van der Waals surface area contributed by atoms with Crippen molar-refractivity contribution >= 4 is 5.95 Å². The summed E-state index contributed by atoms with van der Waals surface area (Å²) in [7, 11) is 0. The highest BCUT2D eigenvalue weighted by Gasteiger charge is 2.33. The fraction of sp³-hybridized carbons (Fsp3) is 0.308. The third kappa shape index (κ3) is 3.80. The van der Waals surface area contributed by atoms with Gasteiger partial charge in [0, 0.05) is 11.8 Å². The highest BCUT2D eigenvalue weighted by Crippen LogP contribution is 2.31. The van der Waals surface area contributed by atoms with Crippen molar-refractivity contribution in [3.8, 4) is 17.0 Å². The van der Waals surface area contributed by atoms with Gasteiger partial charge in [0.1, 0.15) is 5.75 Å². The Bertz CT molecular complexity index is 644. The molecule has 2 heterocycles. The van der Waals surface area contributed by atoms with Gasteiger partial charge in [0.2, 0.25) is 5.95 Å². The molecule has 5 nitrogen and oxygen atoms in total. The Balaban J connectivity index is 2.44. The van der Waals surface area contributed by atoms with Crippen molar-refractivity contribution in [2.24, 2.45) is 0 Å². The molecule has 0 aromatic carbocycles. The summed E-state index contributed by atoms with van der Waals surface area (Å²) in [5.74, 6) is -0.0109. The smallest absolute Gasteiger partial charge is 0.433 e. The topological polar surface area (TPSA) is 73.9 Å². The predicted octanol–water partition coefficient (Wildman–Crippen LogP) is 2.93. The van der Waals surface area contributed by atoms with Gasteiger partial charge < -0.3 is 10.5 Å². The first kappa shape index (κ1) is 15.0. The Morgan fingerprint density at radius 2 is 1.86 bits per heavy atom. The van der Waals surface area contributed by atoms with Gasteiger partial charge in [-0.1, -0.05) is 0 Å². The lowest BCUT2D eigenvalue weighted by Crippen LogP contribution is -2.11. The van der Waals surface area contributed by atoms with E-state index in [9.17, 15) is 13.2 Å². The van der Waals surface area contributed by atoms with Crippen LogP contribution in [0.3, 0.4) is 0 Å². The highest BCUT2D eigenvalue weighted by molar-refractivity contribution is 5.61. The number of rotatable bonds is 3. The zero-order valence-corrected chi connectivity index (χ0v) is 11.3. The number of nitrogens with two attached hydrogens (primary N) is 1. The first-order chi connectivity index (χ1) is 9.75. The maximum Gasteiger partial charge on any atom is 0.433 e. The normalized spacial score (nSPS) is 11.7. The third-order valence-corrected chi connectivity index (χ3v) is 2.41. The van der Waals surface area contributed by atoms with E-state index in [1.54, 1.807) is 6.07 Å². The minimum absolute atomic E-state index is 0.0385. The first-order valence-electron chi connectivity index (χ1n) is 6.09. The molecule has 112 valence electrons. The average molecular weight is 298 g/mol. The number of pyridine rings is 1. The lowest BCUT2D eigenvalue weighted by molar-refractivity contribution is -0.141. The summed E-state index contributed by atoms with van der Waals surface area (Å²) >= 11 is 0. The third-order valence-electron chi connectivity index (χ3n) is 2.41. The van der Waals surface area contributed by atoms with Crippen molar-refractivity contribution in [2.45, 2.75) is 26.1 Å². The number of aromatic nitrogens is 3. The second-order valence-corrected chi connectivity index (χ2v) is 4.57. The number of hydrogen-bond donors (Lipinski definition) is 1. The monoisotopic (exact) mass is 298 g/mol.